The van der Waals surface area contributed by atoms with Gasteiger partial charge in [0.05, 0.1) is 6.20 Å². The van der Waals surface area contributed by atoms with Crippen molar-refractivity contribution in [3.8, 4) is 11.4 Å². The molecule has 2 aromatic heterocycles. The Kier molecular flexibility index (Phi) is 2.84. The van der Waals surface area contributed by atoms with Crippen LogP contribution in [0.25, 0.3) is 11.4 Å². The first-order valence-corrected chi connectivity index (χ1v) is 6.65. The van der Waals surface area contributed by atoms with Gasteiger partial charge in [-0.1, -0.05) is 0 Å². The second-order valence-electron chi connectivity index (χ2n) is 3.19. The summed E-state index contributed by atoms with van der Waals surface area (Å²) in [5.41, 5.74) is 0.312. The van der Waals surface area contributed by atoms with Crippen LogP contribution in [0, 0.1) is 5.82 Å². The first kappa shape index (κ1) is 11.9. The van der Waals surface area contributed by atoms with Gasteiger partial charge in [0, 0.05) is 29.5 Å². The maximum atomic E-state index is 13.0. The van der Waals surface area contributed by atoms with Gasteiger partial charge in [-0.3, -0.25) is 9.55 Å². The Morgan fingerprint density at radius 3 is 2.59 bits per heavy atom. The summed E-state index contributed by atoms with van der Waals surface area (Å²) in [4.78, 5) is 3.63. The lowest BCUT2D eigenvalue weighted by atomic mass is 10.2. The van der Waals surface area contributed by atoms with Crippen LogP contribution in [0.4, 0.5) is 4.39 Å². The molecule has 0 aromatic carbocycles. The minimum atomic E-state index is -3.98. The first-order chi connectivity index (χ1) is 7.89. The second kappa shape index (κ2) is 4.04. The van der Waals surface area contributed by atoms with Gasteiger partial charge in [-0.2, -0.15) is 0 Å². The molecule has 0 aliphatic heterocycles. The van der Waals surface area contributed by atoms with Gasteiger partial charge in [-0.05, 0) is 6.07 Å². The third-order valence-corrected chi connectivity index (χ3v) is 3.22. The van der Waals surface area contributed by atoms with Crippen molar-refractivity contribution >= 4 is 19.7 Å². The lowest BCUT2D eigenvalue weighted by molar-refractivity contribution is 0.593. The van der Waals surface area contributed by atoms with Gasteiger partial charge in [0.1, 0.15) is 5.82 Å². The van der Waals surface area contributed by atoms with Crippen LogP contribution in [-0.4, -0.2) is 28.2 Å². The first-order valence-electron chi connectivity index (χ1n) is 4.34. The van der Waals surface area contributed by atoms with Gasteiger partial charge in [0.15, 0.2) is 5.82 Å². The van der Waals surface area contributed by atoms with Crippen molar-refractivity contribution in [1.82, 2.24) is 19.7 Å². The highest BCUT2D eigenvalue weighted by Gasteiger charge is 2.21. The molecule has 17 heavy (non-hydrogen) atoms. The molecule has 0 N–H and O–H groups in total. The predicted octanol–water partition coefficient (Wildman–Crippen LogP) is 0.944. The number of hydrogen-bond donors (Lipinski definition) is 0. The van der Waals surface area contributed by atoms with Crippen LogP contribution in [0.5, 0.6) is 0 Å². The highest BCUT2D eigenvalue weighted by atomic mass is 35.7. The van der Waals surface area contributed by atoms with E-state index in [2.05, 4.69) is 15.2 Å². The van der Waals surface area contributed by atoms with Gasteiger partial charge in [-0.25, -0.2) is 12.8 Å². The SMILES string of the molecule is Cn1c(-c2cncc(F)c2)nnc1S(=O)(=O)Cl. The van der Waals surface area contributed by atoms with Crippen LogP contribution in [0.1, 0.15) is 0 Å². The molecule has 0 radical (unpaired) electrons. The third-order valence-electron chi connectivity index (χ3n) is 2.02. The maximum absolute atomic E-state index is 13.0. The Balaban J connectivity index is 2.60. The van der Waals surface area contributed by atoms with Crippen LogP contribution in [0.3, 0.4) is 0 Å². The molecule has 0 aliphatic rings. The number of rotatable bonds is 2. The molecule has 0 bridgehead atoms. The van der Waals surface area contributed by atoms with E-state index in [1.807, 2.05) is 0 Å². The van der Waals surface area contributed by atoms with E-state index >= 15 is 0 Å². The van der Waals surface area contributed by atoms with Gasteiger partial charge < -0.3 is 0 Å². The van der Waals surface area contributed by atoms with Crippen LogP contribution in [0.15, 0.2) is 23.6 Å². The van der Waals surface area contributed by atoms with Crippen molar-refractivity contribution in [3.63, 3.8) is 0 Å². The van der Waals surface area contributed by atoms with Crippen molar-refractivity contribution < 1.29 is 12.8 Å². The fourth-order valence-corrected chi connectivity index (χ4v) is 2.27. The van der Waals surface area contributed by atoms with E-state index in [0.29, 0.717) is 5.56 Å². The van der Waals surface area contributed by atoms with E-state index in [9.17, 15) is 12.8 Å². The summed E-state index contributed by atoms with van der Waals surface area (Å²) in [7, 11) is 2.58. The average molecular weight is 277 g/mol. The molecular weight excluding hydrogens is 271 g/mol. The summed E-state index contributed by atoms with van der Waals surface area (Å²) in [5.74, 6) is -0.392. The van der Waals surface area contributed by atoms with Crippen molar-refractivity contribution in [2.24, 2.45) is 7.05 Å². The molecule has 2 rings (SSSR count). The molecule has 9 heteroatoms. The highest BCUT2D eigenvalue weighted by Crippen LogP contribution is 2.20. The minimum Gasteiger partial charge on any atom is -0.300 e. The van der Waals surface area contributed by atoms with E-state index in [1.165, 1.54) is 19.3 Å². The van der Waals surface area contributed by atoms with Gasteiger partial charge in [0.25, 0.3) is 14.2 Å². The Bertz CT molecular complexity index is 670. The number of aromatic nitrogens is 4. The molecule has 0 fully saturated rings. The predicted molar refractivity (Wildman–Crippen MR) is 57.2 cm³/mol. The molecule has 6 nitrogen and oxygen atoms in total. The van der Waals surface area contributed by atoms with Gasteiger partial charge in [-0.15, -0.1) is 10.2 Å². The van der Waals surface area contributed by atoms with Crippen LogP contribution < -0.4 is 0 Å². The molecule has 2 heterocycles. The number of pyridine rings is 1. The summed E-state index contributed by atoms with van der Waals surface area (Å²) < 4.78 is 36.3. The summed E-state index contributed by atoms with van der Waals surface area (Å²) >= 11 is 0. The number of halogens is 2. The summed E-state index contributed by atoms with van der Waals surface area (Å²) in [6.07, 6.45) is 2.37. The Labute approximate surface area is 100 Å². The van der Waals surface area contributed by atoms with Gasteiger partial charge >= 0.3 is 0 Å². The molecule has 0 spiro atoms. The smallest absolute Gasteiger partial charge is 0.296 e. The lowest BCUT2D eigenvalue weighted by Crippen LogP contribution is -2.03. The normalized spacial score (nSPS) is 11.7. The molecule has 0 saturated carbocycles. The quantitative estimate of drug-likeness (QED) is 0.763. The molecule has 2 aromatic rings. The largest absolute Gasteiger partial charge is 0.300 e. The van der Waals surface area contributed by atoms with Crippen molar-refractivity contribution in [2.45, 2.75) is 5.16 Å². The minimum absolute atomic E-state index is 0.163. The van der Waals surface area contributed by atoms with Crippen LogP contribution in [0.2, 0.25) is 0 Å². The zero-order chi connectivity index (χ0) is 12.6. The molecule has 0 atom stereocenters. The van der Waals surface area contributed by atoms with E-state index in [0.717, 1.165) is 10.8 Å². The van der Waals surface area contributed by atoms with Crippen molar-refractivity contribution in [3.05, 3.63) is 24.3 Å². The molecule has 0 unspecified atom stereocenters. The summed E-state index contributed by atoms with van der Waals surface area (Å²) in [6, 6.07) is 1.17. The number of hydrogen-bond acceptors (Lipinski definition) is 5. The van der Waals surface area contributed by atoms with Gasteiger partial charge in [0.2, 0.25) is 0 Å². The topological polar surface area (TPSA) is 77.7 Å². The van der Waals surface area contributed by atoms with E-state index in [-0.39, 0.29) is 5.82 Å². The fraction of sp³-hybridized carbons (Fsp3) is 0.125. The van der Waals surface area contributed by atoms with Crippen LogP contribution >= 0.6 is 10.7 Å². The van der Waals surface area contributed by atoms with Crippen molar-refractivity contribution in [1.29, 1.82) is 0 Å². The van der Waals surface area contributed by atoms with E-state index in [1.54, 1.807) is 0 Å². The molecule has 0 aliphatic carbocycles. The zero-order valence-electron chi connectivity index (χ0n) is 8.50. The molecule has 0 amide bonds. The number of nitrogens with zero attached hydrogens (tertiary/aromatic N) is 4. The molecule has 0 saturated heterocycles. The summed E-state index contributed by atoms with van der Waals surface area (Å²) in [6.45, 7) is 0. The second-order valence-corrected chi connectivity index (χ2v) is 5.65. The van der Waals surface area contributed by atoms with Crippen LogP contribution in [-0.2, 0) is 16.1 Å². The zero-order valence-corrected chi connectivity index (χ0v) is 10.1. The highest BCUT2D eigenvalue weighted by molar-refractivity contribution is 8.13. The Hall–Kier alpha value is -1.54. The van der Waals surface area contributed by atoms with E-state index < -0.39 is 20.0 Å². The average Bonchev–Trinajstić information content (AvgIpc) is 2.59. The Morgan fingerprint density at radius 1 is 1.35 bits per heavy atom. The molecule has 90 valence electrons. The Morgan fingerprint density at radius 2 is 2.06 bits per heavy atom. The fourth-order valence-electron chi connectivity index (χ4n) is 1.31. The monoisotopic (exact) mass is 276 g/mol. The maximum Gasteiger partial charge on any atom is 0.296 e. The summed E-state index contributed by atoms with van der Waals surface area (Å²) in [5, 5.41) is 6.67. The van der Waals surface area contributed by atoms with E-state index in [4.69, 9.17) is 10.7 Å². The third kappa shape index (κ3) is 2.27. The molecular formula is C8H6ClFN4O2S. The lowest BCUT2D eigenvalue weighted by Gasteiger charge is -2.01. The van der Waals surface area contributed by atoms with Crippen molar-refractivity contribution in [2.75, 3.05) is 0 Å². The standard InChI is InChI=1S/C8H6ClFN4O2S/c1-14-7(5-2-6(10)4-11-3-5)12-13-8(14)17(9,15)16/h2-4H,1H3.